The van der Waals surface area contributed by atoms with E-state index in [9.17, 15) is 9.18 Å². The summed E-state index contributed by atoms with van der Waals surface area (Å²) in [6.45, 7) is 0. The van der Waals surface area contributed by atoms with E-state index in [1.165, 1.54) is 6.07 Å². The molecule has 0 aliphatic carbocycles. The van der Waals surface area contributed by atoms with Crippen LogP contribution in [-0.4, -0.2) is 30.1 Å². The lowest BCUT2D eigenvalue weighted by Gasteiger charge is -2.23. The van der Waals surface area contributed by atoms with Crippen LogP contribution in [0.4, 0.5) is 4.39 Å². The molecule has 0 aliphatic heterocycles. The molecule has 1 aromatic rings. The fraction of sp³-hybridized carbons (Fsp3) is 0.364. The van der Waals surface area contributed by atoms with Crippen LogP contribution in [0, 0.1) is 5.82 Å². The highest BCUT2D eigenvalue weighted by Gasteiger charge is 2.20. The Balaban J connectivity index is 2.99. The van der Waals surface area contributed by atoms with E-state index >= 15 is 0 Å². The lowest BCUT2D eigenvalue weighted by Crippen LogP contribution is -2.23. The van der Waals surface area contributed by atoms with Crippen LogP contribution in [0.25, 0.3) is 0 Å². The molecule has 1 N–H and O–H groups in total. The van der Waals surface area contributed by atoms with Gasteiger partial charge in [-0.05, 0) is 20.2 Å². The quantitative estimate of drug-likeness (QED) is 0.827. The van der Waals surface area contributed by atoms with E-state index in [1.807, 2.05) is 0 Å². The van der Waals surface area contributed by atoms with Gasteiger partial charge in [-0.3, -0.25) is 4.79 Å². The molecular weight excluding hydrogens is 197 g/mol. The first-order chi connectivity index (χ1) is 7.02. The SMILES string of the molecule is CN(C)C(CC(=O)O)c1ccccc1F. The maximum atomic E-state index is 13.4. The second-order valence-corrected chi connectivity index (χ2v) is 3.60. The van der Waals surface area contributed by atoms with Gasteiger partial charge in [0.1, 0.15) is 5.82 Å². The van der Waals surface area contributed by atoms with Gasteiger partial charge in [-0.25, -0.2) is 4.39 Å². The topological polar surface area (TPSA) is 40.5 Å². The van der Waals surface area contributed by atoms with Gasteiger partial charge in [-0.1, -0.05) is 18.2 Å². The molecule has 0 saturated carbocycles. The maximum Gasteiger partial charge on any atom is 0.305 e. The van der Waals surface area contributed by atoms with Gasteiger partial charge in [0.25, 0.3) is 0 Å². The zero-order chi connectivity index (χ0) is 11.4. The Morgan fingerprint density at radius 2 is 2.07 bits per heavy atom. The van der Waals surface area contributed by atoms with Crippen LogP contribution in [0.2, 0.25) is 0 Å². The monoisotopic (exact) mass is 211 g/mol. The fourth-order valence-corrected chi connectivity index (χ4v) is 1.48. The zero-order valence-electron chi connectivity index (χ0n) is 8.77. The van der Waals surface area contributed by atoms with Gasteiger partial charge < -0.3 is 10.0 Å². The summed E-state index contributed by atoms with van der Waals surface area (Å²) in [6, 6.07) is 5.82. The van der Waals surface area contributed by atoms with E-state index in [-0.39, 0.29) is 12.2 Å². The van der Waals surface area contributed by atoms with Crippen molar-refractivity contribution in [2.24, 2.45) is 0 Å². The molecule has 82 valence electrons. The number of aliphatic carboxylic acids is 1. The van der Waals surface area contributed by atoms with Crippen LogP contribution in [0.5, 0.6) is 0 Å². The lowest BCUT2D eigenvalue weighted by molar-refractivity contribution is -0.138. The number of rotatable bonds is 4. The molecule has 1 aromatic carbocycles. The van der Waals surface area contributed by atoms with Crippen molar-refractivity contribution in [3.05, 3.63) is 35.6 Å². The van der Waals surface area contributed by atoms with Crippen LogP contribution < -0.4 is 0 Å². The number of hydrogen-bond donors (Lipinski definition) is 1. The summed E-state index contributed by atoms with van der Waals surface area (Å²) < 4.78 is 13.4. The predicted octanol–water partition coefficient (Wildman–Crippen LogP) is 1.90. The second-order valence-electron chi connectivity index (χ2n) is 3.60. The molecule has 15 heavy (non-hydrogen) atoms. The largest absolute Gasteiger partial charge is 0.481 e. The molecule has 0 saturated heterocycles. The van der Waals surface area contributed by atoms with Gasteiger partial charge in [0.2, 0.25) is 0 Å². The molecule has 0 bridgehead atoms. The Labute approximate surface area is 88.1 Å². The van der Waals surface area contributed by atoms with Crippen molar-refractivity contribution in [1.29, 1.82) is 0 Å². The number of carbonyl (C=O) groups is 1. The summed E-state index contributed by atoms with van der Waals surface area (Å²) >= 11 is 0. The van der Waals surface area contributed by atoms with Crippen LogP contribution in [0.15, 0.2) is 24.3 Å². The van der Waals surface area contributed by atoms with Gasteiger partial charge in [0.15, 0.2) is 0 Å². The molecule has 0 aliphatic rings. The summed E-state index contributed by atoms with van der Waals surface area (Å²) in [5.74, 6) is -1.30. The zero-order valence-corrected chi connectivity index (χ0v) is 8.77. The summed E-state index contributed by atoms with van der Waals surface area (Å²) in [5, 5.41) is 8.74. The van der Waals surface area contributed by atoms with Gasteiger partial charge in [-0.15, -0.1) is 0 Å². The van der Waals surface area contributed by atoms with Gasteiger partial charge in [0.05, 0.1) is 6.42 Å². The molecular formula is C11H14FNO2. The van der Waals surface area contributed by atoms with Crippen molar-refractivity contribution in [3.63, 3.8) is 0 Å². The van der Waals surface area contributed by atoms with Crippen molar-refractivity contribution in [3.8, 4) is 0 Å². The van der Waals surface area contributed by atoms with Crippen molar-refractivity contribution >= 4 is 5.97 Å². The normalized spacial score (nSPS) is 12.8. The lowest BCUT2D eigenvalue weighted by atomic mass is 10.0. The molecule has 0 heterocycles. The number of nitrogens with zero attached hydrogens (tertiary/aromatic N) is 1. The van der Waals surface area contributed by atoms with Gasteiger partial charge >= 0.3 is 5.97 Å². The van der Waals surface area contributed by atoms with Crippen LogP contribution in [0.1, 0.15) is 18.0 Å². The minimum atomic E-state index is -0.933. The number of hydrogen-bond acceptors (Lipinski definition) is 2. The molecule has 1 rings (SSSR count). The molecule has 0 aromatic heterocycles. The van der Waals surface area contributed by atoms with Crippen LogP contribution >= 0.6 is 0 Å². The first kappa shape index (κ1) is 11.7. The number of benzene rings is 1. The van der Waals surface area contributed by atoms with E-state index in [0.717, 1.165) is 0 Å². The standard InChI is InChI=1S/C11H14FNO2/c1-13(2)10(7-11(14)15)8-5-3-4-6-9(8)12/h3-6,10H,7H2,1-2H3,(H,14,15). The third kappa shape index (κ3) is 3.02. The third-order valence-electron chi connectivity index (χ3n) is 2.26. The predicted molar refractivity (Wildman–Crippen MR) is 55.1 cm³/mol. The minimum Gasteiger partial charge on any atom is -0.481 e. The van der Waals surface area contributed by atoms with Crippen molar-refractivity contribution < 1.29 is 14.3 Å². The van der Waals surface area contributed by atoms with Gasteiger partial charge in [-0.2, -0.15) is 0 Å². The Kier molecular flexibility index (Phi) is 3.80. The molecule has 1 atom stereocenters. The van der Waals surface area contributed by atoms with E-state index < -0.39 is 12.0 Å². The minimum absolute atomic E-state index is 0.103. The molecule has 4 heteroatoms. The van der Waals surface area contributed by atoms with E-state index in [0.29, 0.717) is 5.56 Å². The average Bonchev–Trinajstić information content (AvgIpc) is 2.15. The summed E-state index contributed by atoms with van der Waals surface area (Å²) in [7, 11) is 3.47. The average molecular weight is 211 g/mol. The van der Waals surface area contributed by atoms with Crippen LogP contribution in [0.3, 0.4) is 0 Å². The first-order valence-corrected chi connectivity index (χ1v) is 4.65. The molecule has 1 unspecified atom stereocenters. The van der Waals surface area contributed by atoms with Crippen molar-refractivity contribution in [2.75, 3.05) is 14.1 Å². The second kappa shape index (κ2) is 4.89. The molecule has 3 nitrogen and oxygen atoms in total. The van der Waals surface area contributed by atoms with Crippen LogP contribution in [-0.2, 0) is 4.79 Å². The summed E-state index contributed by atoms with van der Waals surface area (Å²) in [6.07, 6.45) is -0.103. The number of halogens is 1. The Morgan fingerprint density at radius 3 is 2.53 bits per heavy atom. The molecule has 0 fully saturated rings. The number of carboxylic acid groups (broad SMARTS) is 1. The first-order valence-electron chi connectivity index (χ1n) is 4.65. The Bertz CT molecular complexity index is 352. The molecule has 0 amide bonds. The van der Waals surface area contributed by atoms with Gasteiger partial charge in [0, 0.05) is 11.6 Å². The fourth-order valence-electron chi connectivity index (χ4n) is 1.48. The van der Waals surface area contributed by atoms with E-state index in [1.54, 1.807) is 37.2 Å². The van der Waals surface area contributed by atoms with E-state index in [4.69, 9.17) is 5.11 Å². The highest BCUT2D eigenvalue weighted by atomic mass is 19.1. The van der Waals surface area contributed by atoms with Crippen molar-refractivity contribution in [1.82, 2.24) is 4.90 Å². The number of carboxylic acids is 1. The third-order valence-corrected chi connectivity index (χ3v) is 2.26. The Hall–Kier alpha value is -1.42. The maximum absolute atomic E-state index is 13.4. The highest BCUT2D eigenvalue weighted by molar-refractivity contribution is 5.67. The Morgan fingerprint density at radius 1 is 1.47 bits per heavy atom. The smallest absolute Gasteiger partial charge is 0.305 e. The molecule has 0 spiro atoms. The molecule has 0 radical (unpaired) electrons. The summed E-state index contributed by atoms with van der Waals surface area (Å²) in [5.41, 5.74) is 0.421. The van der Waals surface area contributed by atoms with E-state index in [2.05, 4.69) is 0 Å². The highest BCUT2D eigenvalue weighted by Crippen LogP contribution is 2.24. The summed E-state index contributed by atoms with van der Waals surface area (Å²) in [4.78, 5) is 12.4. The van der Waals surface area contributed by atoms with Crippen molar-refractivity contribution in [2.45, 2.75) is 12.5 Å².